The van der Waals surface area contributed by atoms with E-state index in [0.717, 1.165) is 12.0 Å². The minimum absolute atomic E-state index is 0.191. The highest BCUT2D eigenvalue weighted by Crippen LogP contribution is 2.20. The molecule has 0 aliphatic carbocycles. The van der Waals surface area contributed by atoms with Gasteiger partial charge in [-0.15, -0.1) is 0 Å². The van der Waals surface area contributed by atoms with Crippen molar-refractivity contribution >= 4 is 5.69 Å². The molecule has 2 rings (SSSR count). The molecule has 0 aromatic heterocycles. The minimum atomic E-state index is -0.191. The molecule has 0 spiro atoms. The van der Waals surface area contributed by atoms with E-state index in [0.29, 0.717) is 12.2 Å². The van der Waals surface area contributed by atoms with Crippen molar-refractivity contribution in [2.45, 2.75) is 26.8 Å². The molecule has 0 radical (unpaired) electrons. The van der Waals surface area contributed by atoms with Crippen molar-refractivity contribution in [3.8, 4) is 0 Å². The summed E-state index contributed by atoms with van der Waals surface area (Å²) in [6.07, 6.45) is 0.994. The van der Waals surface area contributed by atoms with E-state index in [-0.39, 0.29) is 5.82 Å². The SMILES string of the molecule is CCc1ccccc1CNc1c(C)cccc1F. The molecule has 18 heavy (non-hydrogen) atoms. The summed E-state index contributed by atoms with van der Waals surface area (Å²) >= 11 is 0. The van der Waals surface area contributed by atoms with Gasteiger partial charge in [-0.05, 0) is 36.1 Å². The van der Waals surface area contributed by atoms with Crippen LogP contribution >= 0.6 is 0 Å². The Balaban J connectivity index is 2.16. The van der Waals surface area contributed by atoms with Crippen LogP contribution in [0, 0.1) is 12.7 Å². The maximum atomic E-state index is 13.7. The standard InChI is InChI=1S/C16H18FN/c1-3-13-8-4-5-9-14(13)11-18-16-12(2)7-6-10-15(16)17/h4-10,18H,3,11H2,1-2H3. The number of nitrogens with one attached hydrogen (secondary N) is 1. The molecule has 94 valence electrons. The zero-order chi connectivity index (χ0) is 13.0. The summed E-state index contributed by atoms with van der Waals surface area (Å²) in [4.78, 5) is 0. The molecule has 2 aromatic rings. The first-order chi connectivity index (χ1) is 8.72. The molecule has 0 fully saturated rings. The van der Waals surface area contributed by atoms with E-state index in [2.05, 4.69) is 24.4 Å². The highest BCUT2D eigenvalue weighted by molar-refractivity contribution is 5.52. The predicted octanol–water partition coefficient (Wildman–Crippen LogP) is 4.31. The third kappa shape index (κ3) is 2.70. The molecule has 0 aliphatic rings. The smallest absolute Gasteiger partial charge is 0.146 e. The molecule has 0 heterocycles. The average molecular weight is 243 g/mol. The van der Waals surface area contributed by atoms with Gasteiger partial charge in [0.2, 0.25) is 0 Å². The molecule has 0 atom stereocenters. The molecule has 2 aromatic carbocycles. The van der Waals surface area contributed by atoms with Crippen molar-refractivity contribution in [1.82, 2.24) is 0 Å². The van der Waals surface area contributed by atoms with Gasteiger partial charge < -0.3 is 5.32 Å². The quantitative estimate of drug-likeness (QED) is 0.843. The Morgan fingerprint density at radius 2 is 1.72 bits per heavy atom. The number of anilines is 1. The van der Waals surface area contributed by atoms with Crippen molar-refractivity contribution in [1.29, 1.82) is 0 Å². The van der Waals surface area contributed by atoms with Gasteiger partial charge in [-0.25, -0.2) is 4.39 Å². The molecule has 1 nitrogen and oxygen atoms in total. The van der Waals surface area contributed by atoms with Gasteiger partial charge in [-0.3, -0.25) is 0 Å². The number of halogens is 1. The van der Waals surface area contributed by atoms with Gasteiger partial charge in [-0.1, -0.05) is 43.3 Å². The van der Waals surface area contributed by atoms with E-state index >= 15 is 0 Å². The van der Waals surface area contributed by atoms with Gasteiger partial charge in [0.1, 0.15) is 5.82 Å². The van der Waals surface area contributed by atoms with E-state index in [1.807, 2.05) is 25.1 Å². The molecule has 0 amide bonds. The molecule has 2 heteroatoms. The van der Waals surface area contributed by atoms with Crippen LogP contribution in [0.3, 0.4) is 0 Å². The van der Waals surface area contributed by atoms with Gasteiger partial charge in [0.15, 0.2) is 0 Å². The molecule has 1 N–H and O–H groups in total. The summed E-state index contributed by atoms with van der Waals surface area (Å²) in [5.74, 6) is -0.191. The fourth-order valence-corrected chi connectivity index (χ4v) is 2.11. The maximum absolute atomic E-state index is 13.7. The van der Waals surface area contributed by atoms with Crippen LogP contribution in [0.5, 0.6) is 0 Å². The van der Waals surface area contributed by atoms with E-state index in [9.17, 15) is 4.39 Å². The van der Waals surface area contributed by atoms with Crippen LogP contribution in [0.15, 0.2) is 42.5 Å². The van der Waals surface area contributed by atoms with Crippen molar-refractivity contribution in [2.75, 3.05) is 5.32 Å². The Bertz CT molecular complexity index is 514. The van der Waals surface area contributed by atoms with Gasteiger partial charge in [0.25, 0.3) is 0 Å². The van der Waals surface area contributed by atoms with Crippen LogP contribution in [0.25, 0.3) is 0 Å². The second kappa shape index (κ2) is 5.67. The number of hydrogen-bond donors (Lipinski definition) is 1. The van der Waals surface area contributed by atoms with E-state index < -0.39 is 0 Å². The van der Waals surface area contributed by atoms with Gasteiger partial charge in [0.05, 0.1) is 5.69 Å². The second-order valence-electron chi connectivity index (χ2n) is 4.41. The molecule has 0 saturated carbocycles. The first-order valence-corrected chi connectivity index (χ1v) is 6.28. The average Bonchev–Trinajstić information content (AvgIpc) is 2.38. The van der Waals surface area contributed by atoms with Crippen LogP contribution in [-0.2, 0) is 13.0 Å². The molecule has 0 unspecified atom stereocenters. The summed E-state index contributed by atoms with van der Waals surface area (Å²) in [7, 11) is 0. The predicted molar refractivity (Wildman–Crippen MR) is 74.3 cm³/mol. The molecule has 0 saturated heterocycles. The first-order valence-electron chi connectivity index (χ1n) is 6.28. The number of rotatable bonds is 4. The Labute approximate surface area is 108 Å². The normalized spacial score (nSPS) is 10.4. The fraction of sp³-hybridized carbons (Fsp3) is 0.250. The van der Waals surface area contributed by atoms with Crippen LogP contribution in [0.1, 0.15) is 23.6 Å². The third-order valence-corrected chi connectivity index (χ3v) is 3.18. The van der Waals surface area contributed by atoms with E-state index in [1.54, 1.807) is 6.07 Å². The van der Waals surface area contributed by atoms with Crippen molar-refractivity contribution in [3.63, 3.8) is 0 Å². The summed E-state index contributed by atoms with van der Waals surface area (Å²) < 4.78 is 13.7. The minimum Gasteiger partial charge on any atom is -0.378 e. The second-order valence-corrected chi connectivity index (χ2v) is 4.41. The highest BCUT2D eigenvalue weighted by Gasteiger charge is 2.05. The number of aryl methyl sites for hydroxylation is 2. The summed E-state index contributed by atoms with van der Waals surface area (Å²) in [5, 5.41) is 3.20. The summed E-state index contributed by atoms with van der Waals surface area (Å²) in [6, 6.07) is 13.4. The first kappa shape index (κ1) is 12.6. The Hall–Kier alpha value is -1.83. The summed E-state index contributed by atoms with van der Waals surface area (Å²) in [5.41, 5.74) is 4.06. The molecule has 0 bridgehead atoms. The van der Waals surface area contributed by atoms with Crippen LogP contribution in [0.4, 0.5) is 10.1 Å². The lowest BCUT2D eigenvalue weighted by molar-refractivity contribution is 0.629. The van der Waals surface area contributed by atoms with Crippen LogP contribution in [0.2, 0.25) is 0 Å². The van der Waals surface area contributed by atoms with Gasteiger partial charge in [-0.2, -0.15) is 0 Å². The summed E-state index contributed by atoms with van der Waals surface area (Å²) in [6.45, 7) is 4.70. The van der Waals surface area contributed by atoms with E-state index in [4.69, 9.17) is 0 Å². The zero-order valence-electron chi connectivity index (χ0n) is 10.8. The van der Waals surface area contributed by atoms with Gasteiger partial charge >= 0.3 is 0 Å². The lowest BCUT2D eigenvalue weighted by atomic mass is 10.1. The third-order valence-electron chi connectivity index (χ3n) is 3.18. The maximum Gasteiger partial charge on any atom is 0.146 e. The van der Waals surface area contributed by atoms with E-state index in [1.165, 1.54) is 17.2 Å². The fourth-order valence-electron chi connectivity index (χ4n) is 2.11. The topological polar surface area (TPSA) is 12.0 Å². The Morgan fingerprint density at radius 3 is 2.39 bits per heavy atom. The van der Waals surface area contributed by atoms with Crippen molar-refractivity contribution < 1.29 is 4.39 Å². The number of benzene rings is 2. The van der Waals surface area contributed by atoms with Crippen LogP contribution < -0.4 is 5.32 Å². The number of para-hydroxylation sites is 1. The largest absolute Gasteiger partial charge is 0.378 e. The molecule has 0 aliphatic heterocycles. The highest BCUT2D eigenvalue weighted by atomic mass is 19.1. The lowest BCUT2D eigenvalue weighted by Crippen LogP contribution is -2.05. The molecular weight excluding hydrogens is 225 g/mol. The van der Waals surface area contributed by atoms with Gasteiger partial charge in [0, 0.05) is 6.54 Å². The number of hydrogen-bond acceptors (Lipinski definition) is 1. The van der Waals surface area contributed by atoms with Crippen molar-refractivity contribution in [2.24, 2.45) is 0 Å². The Morgan fingerprint density at radius 1 is 1.00 bits per heavy atom. The molecular formula is C16H18FN. The lowest BCUT2D eigenvalue weighted by Gasteiger charge is -2.12. The van der Waals surface area contributed by atoms with Crippen molar-refractivity contribution in [3.05, 3.63) is 65.0 Å². The Kier molecular flexibility index (Phi) is 3.98. The zero-order valence-corrected chi connectivity index (χ0v) is 10.8. The van der Waals surface area contributed by atoms with Crippen LogP contribution in [-0.4, -0.2) is 0 Å². The monoisotopic (exact) mass is 243 g/mol.